The summed E-state index contributed by atoms with van der Waals surface area (Å²) in [5.74, 6) is 2.69. The Labute approximate surface area is 136 Å². The van der Waals surface area contributed by atoms with Crippen LogP contribution < -0.4 is 4.74 Å². The molecule has 118 valence electrons. The summed E-state index contributed by atoms with van der Waals surface area (Å²) in [6.07, 6.45) is 2.72. The van der Waals surface area contributed by atoms with E-state index in [-0.39, 0.29) is 5.92 Å². The lowest BCUT2D eigenvalue weighted by atomic mass is 9.96. The van der Waals surface area contributed by atoms with Crippen LogP contribution in [0.15, 0.2) is 65.2 Å². The fraction of sp³-hybridized carbons (Fsp3) is 0.250. The standard InChI is InChI=1S/C20H21NO2/c1-3-19(20-21-13-15(2)23-20)17-9-11-18(12-10-17)22-14-16-7-5-4-6-8-16/h4-13,19H,3,14H2,1-2H3. The van der Waals surface area contributed by atoms with Gasteiger partial charge >= 0.3 is 0 Å². The average Bonchev–Trinajstić information content (AvgIpc) is 3.02. The van der Waals surface area contributed by atoms with Crippen molar-refractivity contribution in [1.29, 1.82) is 0 Å². The van der Waals surface area contributed by atoms with E-state index >= 15 is 0 Å². The highest BCUT2D eigenvalue weighted by atomic mass is 16.5. The van der Waals surface area contributed by atoms with Gasteiger partial charge in [0.2, 0.25) is 5.89 Å². The van der Waals surface area contributed by atoms with Crippen molar-refractivity contribution in [3.05, 3.63) is 83.6 Å². The van der Waals surface area contributed by atoms with Crippen LogP contribution in [0.3, 0.4) is 0 Å². The van der Waals surface area contributed by atoms with E-state index < -0.39 is 0 Å². The van der Waals surface area contributed by atoms with Gasteiger partial charge in [-0.25, -0.2) is 4.98 Å². The molecule has 0 aliphatic heterocycles. The maximum atomic E-state index is 5.83. The molecule has 0 amide bonds. The third kappa shape index (κ3) is 3.81. The van der Waals surface area contributed by atoms with E-state index in [9.17, 15) is 0 Å². The summed E-state index contributed by atoms with van der Waals surface area (Å²) in [6.45, 7) is 4.64. The van der Waals surface area contributed by atoms with Crippen LogP contribution in [0.4, 0.5) is 0 Å². The van der Waals surface area contributed by atoms with E-state index in [0.717, 1.165) is 23.8 Å². The van der Waals surface area contributed by atoms with Gasteiger partial charge in [-0.1, -0.05) is 49.4 Å². The Morgan fingerprint density at radius 3 is 2.39 bits per heavy atom. The smallest absolute Gasteiger partial charge is 0.201 e. The van der Waals surface area contributed by atoms with E-state index in [1.165, 1.54) is 11.1 Å². The van der Waals surface area contributed by atoms with Gasteiger partial charge in [0.1, 0.15) is 18.1 Å². The second kappa shape index (κ2) is 7.14. The summed E-state index contributed by atoms with van der Waals surface area (Å²) >= 11 is 0. The molecule has 1 aromatic heterocycles. The van der Waals surface area contributed by atoms with Crippen molar-refractivity contribution in [2.75, 3.05) is 0 Å². The normalized spacial score (nSPS) is 12.1. The van der Waals surface area contributed by atoms with Gasteiger partial charge in [-0.3, -0.25) is 0 Å². The zero-order valence-electron chi connectivity index (χ0n) is 13.5. The second-order valence-corrected chi connectivity index (χ2v) is 5.61. The molecule has 0 bridgehead atoms. The molecule has 0 saturated heterocycles. The molecule has 0 aliphatic rings. The minimum absolute atomic E-state index is 0.187. The number of rotatable bonds is 6. The van der Waals surface area contributed by atoms with Crippen molar-refractivity contribution in [3.63, 3.8) is 0 Å². The first-order valence-corrected chi connectivity index (χ1v) is 7.95. The molecule has 1 atom stereocenters. The van der Waals surface area contributed by atoms with Crippen molar-refractivity contribution in [1.82, 2.24) is 4.98 Å². The fourth-order valence-electron chi connectivity index (χ4n) is 2.62. The third-order valence-corrected chi connectivity index (χ3v) is 3.88. The molecule has 1 unspecified atom stereocenters. The highest BCUT2D eigenvalue weighted by molar-refractivity contribution is 5.32. The van der Waals surface area contributed by atoms with Crippen LogP contribution >= 0.6 is 0 Å². The SMILES string of the molecule is CCC(c1ccc(OCc2ccccc2)cc1)c1ncc(C)o1. The maximum absolute atomic E-state index is 5.83. The van der Waals surface area contributed by atoms with Gasteiger partial charge in [0.15, 0.2) is 0 Å². The van der Waals surface area contributed by atoms with Crippen molar-refractivity contribution in [3.8, 4) is 5.75 Å². The largest absolute Gasteiger partial charge is 0.489 e. The third-order valence-electron chi connectivity index (χ3n) is 3.88. The first-order valence-electron chi connectivity index (χ1n) is 7.95. The molecule has 3 aromatic rings. The summed E-state index contributed by atoms with van der Waals surface area (Å²) in [5.41, 5.74) is 2.36. The molecule has 0 fully saturated rings. The van der Waals surface area contributed by atoms with Crippen LogP contribution in [-0.4, -0.2) is 4.98 Å². The molecule has 0 saturated carbocycles. The van der Waals surface area contributed by atoms with Crippen LogP contribution in [0.5, 0.6) is 5.75 Å². The number of benzene rings is 2. The quantitative estimate of drug-likeness (QED) is 0.635. The van der Waals surface area contributed by atoms with E-state index in [0.29, 0.717) is 6.61 Å². The molecular weight excluding hydrogens is 286 g/mol. The first kappa shape index (κ1) is 15.3. The Kier molecular flexibility index (Phi) is 4.77. The Bertz CT molecular complexity index is 732. The number of hydrogen-bond acceptors (Lipinski definition) is 3. The summed E-state index contributed by atoms with van der Waals surface area (Å²) in [7, 11) is 0. The summed E-state index contributed by atoms with van der Waals surface area (Å²) in [5, 5.41) is 0. The van der Waals surface area contributed by atoms with Gasteiger partial charge < -0.3 is 9.15 Å². The maximum Gasteiger partial charge on any atom is 0.201 e. The minimum Gasteiger partial charge on any atom is -0.489 e. The van der Waals surface area contributed by atoms with Gasteiger partial charge in [-0.15, -0.1) is 0 Å². The molecule has 0 spiro atoms. The lowest BCUT2D eigenvalue weighted by Gasteiger charge is -2.13. The van der Waals surface area contributed by atoms with Crippen molar-refractivity contribution in [2.24, 2.45) is 0 Å². The average molecular weight is 307 g/mol. The Morgan fingerprint density at radius 2 is 1.78 bits per heavy atom. The monoisotopic (exact) mass is 307 g/mol. The lowest BCUT2D eigenvalue weighted by molar-refractivity contribution is 0.306. The van der Waals surface area contributed by atoms with E-state index in [4.69, 9.17) is 9.15 Å². The number of oxazole rings is 1. The predicted molar refractivity (Wildman–Crippen MR) is 90.6 cm³/mol. The highest BCUT2D eigenvalue weighted by Gasteiger charge is 2.17. The van der Waals surface area contributed by atoms with Gasteiger partial charge in [0.25, 0.3) is 0 Å². The fourth-order valence-corrected chi connectivity index (χ4v) is 2.62. The number of aryl methyl sites for hydroxylation is 1. The van der Waals surface area contributed by atoms with Crippen LogP contribution in [0.25, 0.3) is 0 Å². The molecule has 1 heterocycles. The van der Waals surface area contributed by atoms with E-state index in [1.54, 1.807) is 6.20 Å². The van der Waals surface area contributed by atoms with E-state index in [1.807, 2.05) is 37.3 Å². The van der Waals surface area contributed by atoms with Crippen LogP contribution in [-0.2, 0) is 6.61 Å². The zero-order valence-corrected chi connectivity index (χ0v) is 13.5. The Balaban J connectivity index is 1.68. The van der Waals surface area contributed by atoms with Crippen molar-refractivity contribution in [2.45, 2.75) is 32.8 Å². The molecule has 0 N–H and O–H groups in total. The summed E-state index contributed by atoms with van der Waals surface area (Å²) < 4.78 is 11.5. The summed E-state index contributed by atoms with van der Waals surface area (Å²) in [4.78, 5) is 4.36. The number of nitrogens with zero attached hydrogens (tertiary/aromatic N) is 1. The molecule has 3 nitrogen and oxygen atoms in total. The molecular formula is C20H21NO2. The molecule has 23 heavy (non-hydrogen) atoms. The van der Waals surface area contributed by atoms with Crippen LogP contribution in [0, 0.1) is 6.92 Å². The predicted octanol–water partition coefficient (Wildman–Crippen LogP) is 5.10. The van der Waals surface area contributed by atoms with Crippen molar-refractivity contribution >= 4 is 0 Å². The van der Waals surface area contributed by atoms with Gasteiger partial charge in [-0.05, 0) is 36.6 Å². The van der Waals surface area contributed by atoms with E-state index in [2.05, 4.69) is 36.2 Å². The molecule has 3 heteroatoms. The van der Waals surface area contributed by atoms with Crippen LogP contribution in [0.2, 0.25) is 0 Å². The zero-order chi connectivity index (χ0) is 16.1. The van der Waals surface area contributed by atoms with Gasteiger partial charge in [0.05, 0.1) is 12.1 Å². The lowest BCUT2D eigenvalue weighted by Crippen LogP contribution is -2.00. The molecule has 3 rings (SSSR count). The molecule has 0 aliphatic carbocycles. The Morgan fingerprint density at radius 1 is 1.04 bits per heavy atom. The number of hydrogen-bond donors (Lipinski definition) is 0. The summed E-state index contributed by atoms with van der Waals surface area (Å²) in [6, 6.07) is 18.4. The number of aromatic nitrogens is 1. The van der Waals surface area contributed by atoms with Crippen LogP contribution in [0.1, 0.15) is 42.0 Å². The second-order valence-electron chi connectivity index (χ2n) is 5.61. The highest BCUT2D eigenvalue weighted by Crippen LogP contribution is 2.28. The first-order chi connectivity index (χ1) is 11.3. The van der Waals surface area contributed by atoms with Crippen molar-refractivity contribution < 1.29 is 9.15 Å². The molecule has 2 aromatic carbocycles. The topological polar surface area (TPSA) is 35.3 Å². The Hall–Kier alpha value is -2.55. The van der Waals surface area contributed by atoms with Gasteiger partial charge in [-0.2, -0.15) is 0 Å². The minimum atomic E-state index is 0.187. The van der Waals surface area contributed by atoms with Gasteiger partial charge in [0, 0.05) is 0 Å². The molecule has 0 radical (unpaired) electrons. The number of ether oxygens (including phenoxy) is 1.